The van der Waals surface area contributed by atoms with Crippen LogP contribution >= 0.6 is 39.1 Å². The highest BCUT2D eigenvalue weighted by Crippen LogP contribution is 2.38. The Balaban J connectivity index is 1.72. The second-order valence-corrected chi connectivity index (χ2v) is 7.59. The van der Waals surface area contributed by atoms with Gasteiger partial charge in [0.05, 0.1) is 5.69 Å². The largest absolute Gasteiger partial charge is 0.332 e. The second kappa shape index (κ2) is 6.16. The number of nitrogens with zero attached hydrogens (tertiary/aromatic N) is 2. The number of halogens is 3. The molecule has 0 radical (unpaired) electrons. The van der Waals surface area contributed by atoms with Gasteiger partial charge in [0.1, 0.15) is 6.04 Å². The number of anilines is 1. The first kappa shape index (κ1) is 16.6. The van der Waals surface area contributed by atoms with Gasteiger partial charge < -0.3 is 4.90 Å². The van der Waals surface area contributed by atoms with Crippen LogP contribution in [0.3, 0.4) is 0 Å². The maximum atomic E-state index is 13.0. The van der Waals surface area contributed by atoms with Crippen molar-refractivity contribution >= 4 is 62.3 Å². The molecule has 0 unspecified atom stereocenters. The predicted octanol–water partition coefficient (Wildman–Crippen LogP) is 4.99. The maximum absolute atomic E-state index is 13.0. The highest BCUT2D eigenvalue weighted by Gasteiger charge is 2.49. The summed E-state index contributed by atoms with van der Waals surface area (Å²) in [7, 11) is 0. The number of hydrogen-bond donors (Lipinski definition) is 0. The Morgan fingerprint density at radius 1 is 1.00 bits per heavy atom. The van der Waals surface area contributed by atoms with Gasteiger partial charge in [-0.25, -0.2) is 9.69 Å². The molecule has 1 saturated heterocycles. The van der Waals surface area contributed by atoms with Crippen molar-refractivity contribution in [1.29, 1.82) is 0 Å². The van der Waals surface area contributed by atoms with Gasteiger partial charge in [-0.1, -0.05) is 57.3 Å². The van der Waals surface area contributed by atoms with Crippen molar-refractivity contribution in [2.75, 3.05) is 11.4 Å². The Morgan fingerprint density at radius 3 is 2.28 bits per heavy atom. The molecule has 0 aromatic heterocycles. The van der Waals surface area contributed by atoms with Crippen molar-refractivity contribution < 1.29 is 9.59 Å². The summed E-state index contributed by atoms with van der Waals surface area (Å²) in [6.45, 7) is 0.394. The molecule has 2 aromatic rings. The minimum Gasteiger partial charge on any atom is -0.304 e. The van der Waals surface area contributed by atoms with Gasteiger partial charge in [-0.15, -0.1) is 0 Å². The smallest absolute Gasteiger partial charge is 0.304 e. The molecule has 2 aromatic carbocycles. The van der Waals surface area contributed by atoms with Crippen LogP contribution in [0.2, 0.25) is 10.0 Å². The molecule has 4 nitrogen and oxygen atoms in total. The lowest BCUT2D eigenvalue weighted by atomic mass is 10.00. The van der Waals surface area contributed by atoms with Crippen LogP contribution in [0.4, 0.5) is 10.5 Å². The van der Waals surface area contributed by atoms with Gasteiger partial charge in [0.15, 0.2) is 0 Å². The predicted molar refractivity (Wildman–Crippen MR) is 102 cm³/mol. The van der Waals surface area contributed by atoms with Gasteiger partial charge in [-0.3, -0.25) is 4.79 Å². The molecule has 1 fully saturated rings. The molecule has 7 heteroatoms. The third-order valence-corrected chi connectivity index (χ3v) is 5.25. The minimum atomic E-state index is -0.619. The summed E-state index contributed by atoms with van der Waals surface area (Å²) in [6.07, 6.45) is 1.92. The number of amides is 3. The fourth-order valence-electron chi connectivity index (χ4n) is 3.21. The molecule has 4 rings (SSSR count). The standard InChI is InChI=1S/C18H11BrCl2N2O2/c19-11-3-1-10(2-4-11)15-5-6-22-16(15)17(24)23(18(22)25)14-8-12(20)7-13(21)9-14/h1-5,7-9,16H,6H2/t16-/m1/s1. The Hall–Kier alpha value is -1.82. The quantitative estimate of drug-likeness (QED) is 0.621. The summed E-state index contributed by atoms with van der Waals surface area (Å²) < 4.78 is 0.954. The van der Waals surface area contributed by atoms with Crippen LogP contribution in [0.15, 0.2) is 53.0 Å². The molecular formula is C18H11BrCl2N2O2. The molecule has 3 amide bonds. The summed E-state index contributed by atoms with van der Waals surface area (Å²) in [6, 6.07) is 11.4. The van der Waals surface area contributed by atoms with Gasteiger partial charge >= 0.3 is 6.03 Å². The zero-order valence-corrected chi connectivity index (χ0v) is 15.8. The zero-order valence-electron chi connectivity index (χ0n) is 12.7. The number of imide groups is 1. The van der Waals surface area contributed by atoms with E-state index in [1.165, 1.54) is 0 Å². The van der Waals surface area contributed by atoms with Crippen LogP contribution in [0.5, 0.6) is 0 Å². The molecule has 25 heavy (non-hydrogen) atoms. The Labute approximate surface area is 162 Å². The van der Waals surface area contributed by atoms with E-state index in [1.807, 2.05) is 30.3 Å². The lowest BCUT2D eigenvalue weighted by Gasteiger charge is -2.15. The number of rotatable bonds is 2. The van der Waals surface area contributed by atoms with E-state index < -0.39 is 6.04 Å². The van der Waals surface area contributed by atoms with Crippen LogP contribution in [0.1, 0.15) is 5.56 Å². The van der Waals surface area contributed by atoms with Crippen molar-refractivity contribution in [3.63, 3.8) is 0 Å². The molecule has 0 bridgehead atoms. The Kier molecular flexibility index (Phi) is 4.10. The van der Waals surface area contributed by atoms with E-state index in [-0.39, 0.29) is 11.9 Å². The van der Waals surface area contributed by atoms with Crippen LogP contribution in [-0.2, 0) is 4.79 Å². The highest BCUT2D eigenvalue weighted by atomic mass is 79.9. The normalized spacial score (nSPS) is 19.5. The highest BCUT2D eigenvalue weighted by molar-refractivity contribution is 9.10. The fourth-order valence-corrected chi connectivity index (χ4v) is 3.98. The van der Waals surface area contributed by atoms with Crippen molar-refractivity contribution in [1.82, 2.24) is 4.90 Å². The average molecular weight is 438 g/mol. The van der Waals surface area contributed by atoms with Crippen LogP contribution in [0, 0.1) is 0 Å². The molecule has 2 heterocycles. The van der Waals surface area contributed by atoms with Crippen molar-refractivity contribution in [2.45, 2.75) is 6.04 Å². The summed E-state index contributed by atoms with van der Waals surface area (Å²) in [5.74, 6) is -0.296. The number of carbonyl (C=O) groups excluding carboxylic acids is 2. The number of urea groups is 1. The molecule has 0 aliphatic carbocycles. The van der Waals surface area contributed by atoms with Crippen LogP contribution in [-0.4, -0.2) is 29.4 Å². The number of fused-ring (bicyclic) bond motifs is 1. The average Bonchev–Trinajstić information content (AvgIpc) is 3.08. The first-order valence-corrected chi connectivity index (χ1v) is 9.07. The van der Waals surface area contributed by atoms with Crippen LogP contribution in [0.25, 0.3) is 5.57 Å². The molecule has 2 aliphatic rings. The van der Waals surface area contributed by atoms with Crippen molar-refractivity contribution in [3.05, 3.63) is 68.6 Å². The lowest BCUT2D eigenvalue weighted by molar-refractivity contribution is -0.118. The Morgan fingerprint density at radius 2 is 1.64 bits per heavy atom. The summed E-state index contributed by atoms with van der Waals surface area (Å²) in [5.41, 5.74) is 2.14. The molecular weight excluding hydrogens is 427 g/mol. The number of carbonyl (C=O) groups is 2. The van der Waals surface area contributed by atoms with E-state index in [4.69, 9.17) is 23.2 Å². The molecule has 126 valence electrons. The van der Waals surface area contributed by atoms with Crippen molar-refractivity contribution in [2.24, 2.45) is 0 Å². The topological polar surface area (TPSA) is 40.6 Å². The lowest BCUT2D eigenvalue weighted by Crippen LogP contribution is -2.32. The first-order chi connectivity index (χ1) is 12.0. The van der Waals surface area contributed by atoms with E-state index in [2.05, 4.69) is 15.9 Å². The monoisotopic (exact) mass is 436 g/mol. The molecule has 0 N–H and O–H groups in total. The summed E-state index contributed by atoms with van der Waals surface area (Å²) >= 11 is 15.4. The molecule has 2 aliphatic heterocycles. The van der Waals surface area contributed by atoms with E-state index >= 15 is 0 Å². The van der Waals surface area contributed by atoms with E-state index in [1.54, 1.807) is 23.1 Å². The summed E-state index contributed by atoms with van der Waals surface area (Å²) in [4.78, 5) is 28.5. The number of hydrogen-bond acceptors (Lipinski definition) is 2. The fraction of sp³-hybridized carbons (Fsp3) is 0.111. The summed E-state index contributed by atoms with van der Waals surface area (Å²) in [5, 5.41) is 0.748. The van der Waals surface area contributed by atoms with Gasteiger partial charge in [0, 0.05) is 21.1 Å². The van der Waals surface area contributed by atoms with Gasteiger partial charge in [0.25, 0.3) is 5.91 Å². The third kappa shape index (κ3) is 2.76. The minimum absolute atomic E-state index is 0.296. The first-order valence-electron chi connectivity index (χ1n) is 7.52. The zero-order chi connectivity index (χ0) is 17.7. The maximum Gasteiger partial charge on any atom is 0.332 e. The SMILES string of the molecule is O=C1[C@H]2C(c3ccc(Br)cc3)=CCN2C(=O)N1c1cc(Cl)cc(Cl)c1. The van der Waals surface area contributed by atoms with E-state index in [0.717, 1.165) is 20.5 Å². The second-order valence-electron chi connectivity index (χ2n) is 5.81. The Bertz CT molecular complexity index is 907. The van der Waals surface area contributed by atoms with Gasteiger partial charge in [-0.05, 0) is 41.5 Å². The van der Waals surface area contributed by atoms with E-state index in [0.29, 0.717) is 22.3 Å². The molecule has 0 saturated carbocycles. The molecule has 1 atom stereocenters. The number of benzene rings is 2. The van der Waals surface area contributed by atoms with Crippen molar-refractivity contribution in [3.8, 4) is 0 Å². The van der Waals surface area contributed by atoms with Gasteiger partial charge in [-0.2, -0.15) is 0 Å². The third-order valence-electron chi connectivity index (χ3n) is 4.29. The molecule has 0 spiro atoms. The van der Waals surface area contributed by atoms with Crippen LogP contribution < -0.4 is 4.90 Å². The van der Waals surface area contributed by atoms with Gasteiger partial charge in [0.2, 0.25) is 0 Å². The van der Waals surface area contributed by atoms with E-state index in [9.17, 15) is 9.59 Å².